The van der Waals surface area contributed by atoms with Crippen molar-refractivity contribution in [1.29, 1.82) is 0 Å². The zero-order valence-electron chi connectivity index (χ0n) is 18.5. The Kier molecular flexibility index (Phi) is 5.90. The summed E-state index contributed by atoms with van der Waals surface area (Å²) in [5, 5.41) is 0. The first-order chi connectivity index (χ1) is 14.9. The van der Waals surface area contributed by atoms with E-state index in [1.54, 1.807) is 26.0 Å². The van der Waals surface area contributed by atoms with Crippen molar-refractivity contribution < 1.29 is 18.7 Å². The Bertz CT molecular complexity index is 1000. The number of ether oxygens (including phenoxy) is 2. The third-order valence-electron chi connectivity index (χ3n) is 6.20. The monoisotopic (exact) mass is 424 g/mol. The highest BCUT2D eigenvalue weighted by atomic mass is 19.1. The van der Waals surface area contributed by atoms with Gasteiger partial charge in [-0.15, -0.1) is 0 Å². The van der Waals surface area contributed by atoms with E-state index in [0.717, 1.165) is 34.5 Å². The fraction of sp³-hybridized carbons (Fsp3) is 0.400. The van der Waals surface area contributed by atoms with Crippen LogP contribution in [0.5, 0.6) is 11.5 Å². The normalized spacial score (nSPS) is 20.7. The third kappa shape index (κ3) is 4.11. The predicted octanol–water partition coefficient (Wildman–Crippen LogP) is 4.43. The molecule has 0 bridgehead atoms. The Hall–Kier alpha value is -3.02. The zero-order chi connectivity index (χ0) is 22.1. The van der Waals surface area contributed by atoms with Crippen LogP contribution in [0, 0.1) is 0 Å². The molecule has 6 heteroatoms. The summed E-state index contributed by atoms with van der Waals surface area (Å²) in [6.07, 6.45) is 2.46. The fourth-order valence-corrected chi connectivity index (χ4v) is 4.53. The van der Waals surface area contributed by atoms with E-state index in [1.807, 2.05) is 49.5 Å². The second kappa shape index (κ2) is 8.61. The lowest BCUT2D eigenvalue weighted by atomic mass is 9.92. The minimum atomic E-state index is -0.760. The highest BCUT2D eigenvalue weighted by Crippen LogP contribution is 2.39. The molecule has 0 saturated carbocycles. The number of nitrogens with zero attached hydrogens (tertiary/aromatic N) is 2. The first kappa shape index (κ1) is 21.2. The Morgan fingerprint density at radius 1 is 1.10 bits per heavy atom. The molecular formula is C25H29FN2O3. The van der Waals surface area contributed by atoms with Crippen LogP contribution in [0.15, 0.2) is 42.6 Å². The third-order valence-corrected chi connectivity index (χ3v) is 6.20. The molecule has 2 aliphatic heterocycles. The van der Waals surface area contributed by atoms with Crippen LogP contribution < -0.4 is 14.4 Å². The second-order valence-corrected chi connectivity index (χ2v) is 8.27. The number of carbonyl (C=O) groups is 1. The molecule has 0 aromatic heterocycles. The van der Waals surface area contributed by atoms with E-state index in [2.05, 4.69) is 4.90 Å². The van der Waals surface area contributed by atoms with Gasteiger partial charge in [-0.1, -0.05) is 12.1 Å². The topological polar surface area (TPSA) is 42.0 Å². The molecule has 164 valence electrons. The highest BCUT2D eigenvalue weighted by Gasteiger charge is 2.26. The number of benzene rings is 2. The van der Waals surface area contributed by atoms with E-state index in [0.29, 0.717) is 30.9 Å². The number of hydrogen-bond donors (Lipinski definition) is 0. The van der Waals surface area contributed by atoms with Crippen molar-refractivity contribution >= 4 is 17.2 Å². The molecule has 1 unspecified atom stereocenters. The van der Waals surface area contributed by atoms with Gasteiger partial charge in [-0.2, -0.15) is 0 Å². The van der Waals surface area contributed by atoms with E-state index in [4.69, 9.17) is 9.47 Å². The zero-order valence-corrected chi connectivity index (χ0v) is 18.5. The van der Waals surface area contributed by atoms with E-state index in [9.17, 15) is 9.18 Å². The van der Waals surface area contributed by atoms with Crippen LogP contribution in [0.1, 0.15) is 37.0 Å². The lowest BCUT2D eigenvalue weighted by Crippen LogP contribution is -2.33. The van der Waals surface area contributed by atoms with Gasteiger partial charge in [-0.05, 0) is 60.7 Å². The van der Waals surface area contributed by atoms with Crippen molar-refractivity contribution in [2.24, 2.45) is 0 Å². The molecule has 0 N–H and O–H groups in total. The largest absolute Gasteiger partial charge is 0.493 e. The van der Waals surface area contributed by atoms with E-state index < -0.39 is 6.17 Å². The van der Waals surface area contributed by atoms with Gasteiger partial charge in [0, 0.05) is 43.5 Å². The number of fused-ring (bicyclic) bond motifs is 1. The summed E-state index contributed by atoms with van der Waals surface area (Å²) >= 11 is 0. The minimum absolute atomic E-state index is 0.000546. The van der Waals surface area contributed by atoms with Gasteiger partial charge in [0.1, 0.15) is 6.17 Å². The SMILES string of the molecule is COc1cc2c(cc1OC)C(c1ccc(N3CC[C@@H](F)C3)cc1)=CN(C(C)=O)C(C)C2. The second-order valence-electron chi connectivity index (χ2n) is 8.27. The summed E-state index contributed by atoms with van der Waals surface area (Å²) in [6, 6.07) is 12.1. The van der Waals surface area contributed by atoms with Gasteiger partial charge in [0.2, 0.25) is 5.91 Å². The van der Waals surface area contributed by atoms with E-state index in [-0.39, 0.29) is 11.9 Å². The molecule has 0 spiro atoms. The Morgan fingerprint density at radius 3 is 2.35 bits per heavy atom. The molecule has 2 aromatic carbocycles. The van der Waals surface area contributed by atoms with E-state index >= 15 is 0 Å². The van der Waals surface area contributed by atoms with Crippen LogP contribution >= 0.6 is 0 Å². The predicted molar refractivity (Wildman–Crippen MR) is 120 cm³/mol. The summed E-state index contributed by atoms with van der Waals surface area (Å²) in [5.41, 5.74) is 5.08. The Morgan fingerprint density at radius 2 is 1.77 bits per heavy atom. The molecular weight excluding hydrogens is 395 g/mol. The molecule has 0 radical (unpaired) electrons. The summed E-state index contributed by atoms with van der Waals surface area (Å²) in [4.78, 5) is 16.2. The summed E-state index contributed by atoms with van der Waals surface area (Å²) in [5.74, 6) is 1.33. The van der Waals surface area contributed by atoms with Crippen molar-refractivity contribution in [2.75, 3.05) is 32.2 Å². The van der Waals surface area contributed by atoms with Gasteiger partial charge in [-0.3, -0.25) is 4.79 Å². The molecule has 0 aliphatic carbocycles. The summed E-state index contributed by atoms with van der Waals surface area (Å²) < 4.78 is 24.7. The summed E-state index contributed by atoms with van der Waals surface area (Å²) in [7, 11) is 3.25. The fourth-order valence-electron chi connectivity index (χ4n) is 4.53. The maximum Gasteiger partial charge on any atom is 0.223 e. The first-order valence-electron chi connectivity index (χ1n) is 10.7. The minimum Gasteiger partial charge on any atom is -0.493 e. The van der Waals surface area contributed by atoms with Crippen molar-refractivity contribution in [3.8, 4) is 11.5 Å². The lowest BCUT2D eigenvalue weighted by molar-refractivity contribution is -0.127. The molecule has 1 saturated heterocycles. The molecule has 4 rings (SSSR count). The number of hydrogen-bond acceptors (Lipinski definition) is 4. The quantitative estimate of drug-likeness (QED) is 0.728. The van der Waals surface area contributed by atoms with Gasteiger partial charge in [0.05, 0.1) is 14.2 Å². The molecule has 1 amide bonds. The number of methoxy groups -OCH3 is 2. The maximum atomic E-state index is 13.6. The number of amides is 1. The van der Waals surface area contributed by atoms with Crippen molar-refractivity contribution in [2.45, 2.75) is 38.9 Å². The van der Waals surface area contributed by atoms with Crippen molar-refractivity contribution in [1.82, 2.24) is 4.90 Å². The smallest absolute Gasteiger partial charge is 0.223 e. The van der Waals surface area contributed by atoms with Crippen molar-refractivity contribution in [3.05, 3.63) is 59.3 Å². The van der Waals surface area contributed by atoms with Crippen LogP contribution in [0.3, 0.4) is 0 Å². The molecule has 2 aromatic rings. The van der Waals surface area contributed by atoms with Gasteiger partial charge < -0.3 is 19.3 Å². The van der Waals surface area contributed by atoms with Gasteiger partial charge in [0.25, 0.3) is 0 Å². The average Bonchev–Trinajstić information content (AvgIpc) is 3.14. The number of anilines is 1. The van der Waals surface area contributed by atoms with E-state index in [1.165, 1.54) is 0 Å². The van der Waals surface area contributed by atoms with Gasteiger partial charge in [-0.25, -0.2) is 4.39 Å². The molecule has 1 fully saturated rings. The van der Waals surface area contributed by atoms with Gasteiger partial charge >= 0.3 is 0 Å². The average molecular weight is 425 g/mol. The Balaban J connectivity index is 1.80. The van der Waals surface area contributed by atoms with Crippen LogP contribution in [-0.2, 0) is 11.2 Å². The molecule has 31 heavy (non-hydrogen) atoms. The molecule has 2 aliphatic rings. The van der Waals surface area contributed by atoms with Crippen LogP contribution in [-0.4, -0.2) is 50.3 Å². The highest BCUT2D eigenvalue weighted by molar-refractivity contribution is 5.87. The Labute approximate surface area is 183 Å². The van der Waals surface area contributed by atoms with Crippen LogP contribution in [0.4, 0.5) is 10.1 Å². The molecule has 5 nitrogen and oxygen atoms in total. The number of carbonyl (C=O) groups excluding carboxylic acids is 1. The number of alkyl halides is 1. The summed E-state index contributed by atoms with van der Waals surface area (Å²) in [6.45, 7) is 4.81. The lowest BCUT2D eigenvalue weighted by Gasteiger charge is -2.23. The van der Waals surface area contributed by atoms with Crippen LogP contribution in [0.2, 0.25) is 0 Å². The number of halogens is 1. The molecule has 2 heterocycles. The first-order valence-corrected chi connectivity index (χ1v) is 10.7. The maximum absolute atomic E-state index is 13.6. The molecule has 2 atom stereocenters. The standard InChI is InChI=1S/C25H29FN2O3/c1-16-11-19-12-24(30-3)25(31-4)13-22(19)23(15-28(16)17(2)29)18-5-7-21(8-6-18)27-10-9-20(26)14-27/h5-8,12-13,15-16,20H,9-11,14H2,1-4H3/t16?,20-/m1/s1. The number of rotatable bonds is 4. The van der Waals surface area contributed by atoms with Crippen LogP contribution in [0.25, 0.3) is 5.57 Å². The van der Waals surface area contributed by atoms with Gasteiger partial charge in [0.15, 0.2) is 11.5 Å². The van der Waals surface area contributed by atoms with Crippen molar-refractivity contribution in [3.63, 3.8) is 0 Å².